The molecule has 6 rings (SSSR count). The molecule has 0 unspecified atom stereocenters. The molecule has 1 heterocycles. The highest BCUT2D eigenvalue weighted by Gasteiger charge is 2.56. The fourth-order valence-corrected chi connectivity index (χ4v) is 6.49. The quantitative estimate of drug-likeness (QED) is 0.368. The second-order valence-corrected chi connectivity index (χ2v) is 10.2. The maximum Gasteiger partial charge on any atom is 0.238 e. The number of para-hydroxylation sites is 1. The molecule has 0 spiro atoms. The van der Waals surface area contributed by atoms with Crippen LogP contribution in [0.3, 0.4) is 0 Å². The Hall–Kier alpha value is -3.77. The number of hydrogen-bond acceptors (Lipinski definition) is 5. The second kappa shape index (κ2) is 8.14. The number of imide groups is 1. The van der Waals surface area contributed by atoms with E-state index < -0.39 is 23.7 Å². The third-order valence-electron chi connectivity index (χ3n) is 7.88. The molecule has 7 heteroatoms. The van der Waals surface area contributed by atoms with Crippen LogP contribution in [0.5, 0.6) is 5.75 Å². The van der Waals surface area contributed by atoms with Crippen LogP contribution in [0.2, 0.25) is 5.02 Å². The number of Topliss-reactive ketones (excluding diaryl/α,β-unsaturated/α-hetero) is 1. The minimum absolute atomic E-state index is 0.0490. The molecule has 3 aliphatic carbocycles. The molecule has 4 aliphatic rings. The van der Waals surface area contributed by atoms with Gasteiger partial charge in [-0.2, -0.15) is 0 Å². The van der Waals surface area contributed by atoms with Gasteiger partial charge in [0.15, 0.2) is 11.6 Å². The van der Waals surface area contributed by atoms with E-state index in [0.717, 1.165) is 5.57 Å². The van der Waals surface area contributed by atoms with E-state index in [-0.39, 0.29) is 35.6 Å². The molecular weight excluding hydrogens is 478 g/mol. The molecule has 2 aromatic rings. The van der Waals surface area contributed by atoms with Gasteiger partial charge < -0.3 is 5.11 Å². The van der Waals surface area contributed by atoms with Crippen molar-refractivity contribution < 1.29 is 24.3 Å². The van der Waals surface area contributed by atoms with Gasteiger partial charge in [-0.25, -0.2) is 0 Å². The molecule has 1 aliphatic heterocycles. The molecule has 0 radical (unpaired) electrons. The fourth-order valence-electron chi connectivity index (χ4n) is 6.30. The number of carbonyl (C=O) groups excluding carboxylic acids is 4. The zero-order valence-corrected chi connectivity index (χ0v) is 20.2. The molecule has 1 saturated heterocycles. The first-order valence-corrected chi connectivity index (χ1v) is 12.3. The molecule has 180 valence electrons. The molecule has 36 heavy (non-hydrogen) atoms. The third kappa shape index (κ3) is 3.17. The number of halogens is 1. The molecule has 2 aromatic carbocycles. The average Bonchev–Trinajstić information content (AvgIpc) is 3.13. The number of amides is 2. The molecule has 0 aromatic heterocycles. The highest BCUT2D eigenvalue weighted by molar-refractivity contribution is 6.30. The topological polar surface area (TPSA) is 91.8 Å². The van der Waals surface area contributed by atoms with Crippen molar-refractivity contribution in [3.05, 3.63) is 93.6 Å². The molecule has 6 nitrogen and oxygen atoms in total. The van der Waals surface area contributed by atoms with Crippen LogP contribution < -0.4 is 4.90 Å². The van der Waals surface area contributed by atoms with Crippen LogP contribution >= 0.6 is 11.6 Å². The van der Waals surface area contributed by atoms with E-state index >= 15 is 0 Å². The number of benzene rings is 2. The summed E-state index contributed by atoms with van der Waals surface area (Å²) in [6.45, 7) is 1.60. The number of carbonyl (C=O) groups is 4. The van der Waals surface area contributed by atoms with Gasteiger partial charge in [-0.1, -0.05) is 41.4 Å². The first-order valence-electron chi connectivity index (χ1n) is 11.9. The molecule has 0 saturated carbocycles. The summed E-state index contributed by atoms with van der Waals surface area (Å²) in [5, 5.41) is 11.2. The monoisotopic (exact) mass is 499 g/mol. The smallest absolute Gasteiger partial charge is 0.238 e. The molecular formula is C29H22ClNO5. The van der Waals surface area contributed by atoms with Crippen molar-refractivity contribution in [2.24, 2.45) is 17.8 Å². The Kier molecular flexibility index (Phi) is 5.12. The number of phenolic OH excluding ortho intramolecular Hbond substituents is 1. The van der Waals surface area contributed by atoms with Crippen LogP contribution in [-0.2, 0) is 19.2 Å². The molecule has 0 bridgehead atoms. The van der Waals surface area contributed by atoms with Crippen LogP contribution in [0.15, 0.2) is 83.0 Å². The Bertz CT molecular complexity index is 1470. The first-order chi connectivity index (χ1) is 17.3. The summed E-state index contributed by atoms with van der Waals surface area (Å²) in [5.41, 5.74) is 2.72. The summed E-state index contributed by atoms with van der Waals surface area (Å²) >= 11 is 6.28. The van der Waals surface area contributed by atoms with Crippen LogP contribution in [-0.4, -0.2) is 28.5 Å². The van der Waals surface area contributed by atoms with Gasteiger partial charge in [0.25, 0.3) is 0 Å². The van der Waals surface area contributed by atoms with E-state index in [0.29, 0.717) is 39.4 Å². The minimum atomic E-state index is -0.729. The van der Waals surface area contributed by atoms with Crippen molar-refractivity contribution in [2.75, 3.05) is 4.90 Å². The summed E-state index contributed by atoms with van der Waals surface area (Å²) < 4.78 is 0. The fraction of sp³-hybridized carbons (Fsp3) is 0.241. The zero-order valence-electron chi connectivity index (χ0n) is 19.4. The Balaban J connectivity index is 1.52. The van der Waals surface area contributed by atoms with E-state index in [1.807, 2.05) is 12.1 Å². The minimum Gasteiger partial charge on any atom is -0.508 e. The van der Waals surface area contributed by atoms with Gasteiger partial charge in [0, 0.05) is 33.2 Å². The first kappa shape index (κ1) is 22.7. The Morgan fingerprint density at radius 3 is 2.47 bits per heavy atom. The number of phenols is 1. The SMILES string of the molecule is CC1=CC(=O)C2=C(C1=O)[C@@H](c1cc(Cl)ccc1O)C1=CC[C@@H]3C(=O)N(c4ccccc4)C(=O)[C@@H]3[C@@H]1C2. The Morgan fingerprint density at radius 2 is 1.72 bits per heavy atom. The van der Waals surface area contributed by atoms with Gasteiger partial charge in [0.05, 0.1) is 17.5 Å². The largest absolute Gasteiger partial charge is 0.508 e. The summed E-state index contributed by atoms with van der Waals surface area (Å²) in [6.07, 6.45) is 3.78. The van der Waals surface area contributed by atoms with Crippen LogP contribution in [0.1, 0.15) is 31.2 Å². The number of anilines is 1. The zero-order chi connectivity index (χ0) is 25.3. The number of allylic oxidation sites excluding steroid dienone is 6. The predicted octanol–water partition coefficient (Wildman–Crippen LogP) is 4.68. The molecule has 1 fully saturated rings. The molecule has 2 amide bonds. The lowest BCUT2D eigenvalue weighted by Gasteiger charge is -2.42. The number of fused-ring (bicyclic) bond motifs is 3. The highest BCUT2D eigenvalue weighted by atomic mass is 35.5. The molecule has 4 atom stereocenters. The number of nitrogens with zero attached hydrogens (tertiary/aromatic N) is 1. The standard InChI is InChI=1S/C29H22ClNO5/c1-14-11-23(33)21-13-19-17(24(26(21)27(14)34)20-12-15(30)7-10-22(20)32)8-9-18-25(19)29(36)31(28(18)35)16-5-3-2-4-6-16/h2-8,10-12,18-19,24-25,32H,9,13H2,1H3/t18-,19+,24+,25-/m0/s1. The van der Waals surface area contributed by atoms with Gasteiger partial charge in [-0.3, -0.25) is 24.1 Å². The Morgan fingerprint density at radius 1 is 0.972 bits per heavy atom. The summed E-state index contributed by atoms with van der Waals surface area (Å²) in [7, 11) is 0. The van der Waals surface area contributed by atoms with Crippen molar-refractivity contribution in [1.82, 2.24) is 0 Å². The number of hydrogen-bond donors (Lipinski definition) is 1. The van der Waals surface area contributed by atoms with Crippen LogP contribution in [0.4, 0.5) is 5.69 Å². The molecule has 1 N–H and O–H groups in total. The summed E-state index contributed by atoms with van der Waals surface area (Å²) in [6, 6.07) is 13.4. The van der Waals surface area contributed by atoms with Crippen molar-refractivity contribution in [3.63, 3.8) is 0 Å². The van der Waals surface area contributed by atoms with Crippen molar-refractivity contribution in [1.29, 1.82) is 0 Å². The predicted molar refractivity (Wildman–Crippen MR) is 133 cm³/mol. The Labute approximate surface area is 212 Å². The van der Waals surface area contributed by atoms with Gasteiger partial charge in [0.2, 0.25) is 11.8 Å². The van der Waals surface area contributed by atoms with E-state index in [1.54, 1.807) is 43.3 Å². The van der Waals surface area contributed by atoms with Gasteiger partial charge in [-0.15, -0.1) is 0 Å². The number of ketones is 2. The van der Waals surface area contributed by atoms with Gasteiger partial charge in [-0.05, 0) is 62.1 Å². The van der Waals surface area contributed by atoms with Crippen molar-refractivity contribution in [3.8, 4) is 5.75 Å². The maximum atomic E-state index is 13.8. The summed E-state index contributed by atoms with van der Waals surface area (Å²) in [5.74, 6) is -3.53. The summed E-state index contributed by atoms with van der Waals surface area (Å²) in [4.78, 5) is 54.9. The van der Waals surface area contributed by atoms with E-state index in [9.17, 15) is 24.3 Å². The van der Waals surface area contributed by atoms with Gasteiger partial charge >= 0.3 is 0 Å². The average molecular weight is 500 g/mol. The van der Waals surface area contributed by atoms with Crippen molar-refractivity contribution in [2.45, 2.75) is 25.7 Å². The number of rotatable bonds is 2. The second-order valence-electron chi connectivity index (χ2n) is 9.78. The van der Waals surface area contributed by atoms with E-state index in [4.69, 9.17) is 11.6 Å². The van der Waals surface area contributed by atoms with Crippen LogP contribution in [0, 0.1) is 17.8 Å². The lowest BCUT2D eigenvalue weighted by molar-refractivity contribution is -0.123. The van der Waals surface area contributed by atoms with Crippen LogP contribution in [0.25, 0.3) is 0 Å². The normalized spacial score (nSPS) is 27.4. The lowest BCUT2D eigenvalue weighted by Crippen LogP contribution is -2.39. The van der Waals surface area contributed by atoms with Crippen molar-refractivity contribution >= 4 is 40.7 Å². The maximum absolute atomic E-state index is 13.8. The van der Waals surface area contributed by atoms with E-state index in [1.165, 1.54) is 17.0 Å². The van der Waals surface area contributed by atoms with E-state index in [2.05, 4.69) is 0 Å². The lowest BCUT2D eigenvalue weighted by atomic mass is 9.59. The number of aromatic hydroxyl groups is 1. The highest BCUT2D eigenvalue weighted by Crippen LogP contribution is 2.56. The third-order valence-corrected chi connectivity index (χ3v) is 8.11. The van der Waals surface area contributed by atoms with Gasteiger partial charge in [0.1, 0.15) is 5.75 Å².